The molecular weight excluding hydrogens is 640 g/mol. The van der Waals surface area contributed by atoms with Crippen molar-refractivity contribution in [3.63, 3.8) is 0 Å². The van der Waals surface area contributed by atoms with E-state index in [2.05, 4.69) is 32.4 Å². The fraction of sp³-hybridized carbons (Fsp3) is 0.220. The highest BCUT2D eigenvalue weighted by atomic mass is 16.5. The van der Waals surface area contributed by atoms with Crippen LogP contribution in [-0.2, 0) is 9.53 Å². The third-order valence-corrected chi connectivity index (χ3v) is 7.92. The van der Waals surface area contributed by atoms with E-state index in [1.165, 1.54) is 0 Å². The normalized spacial score (nSPS) is 11.2. The first-order chi connectivity index (χ1) is 24.8. The van der Waals surface area contributed by atoms with E-state index >= 15 is 0 Å². The molecule has 0 saturated carbocycles. The van der Waals surface area contributed by atoms with E-state index in [-0.39, 0.29) is 11.9 Å². The van der Waals surface area contributed by atoms with Gasteiger partial charge in [0.1, 0.15) is 5.75 Å². The van der Waals surface area contributed by atoms with Crippen LogP contribution in [0.25, 0.3) is 10.8 Å². The molecule has 0 heterocycles. The zero-order valence-corrected chi connectivity index (χ0v) is 29.2. The first-order valence-corrected chi connectivity index (χ1v) is 16.9. The molecule has 0 fully saturated rings. The first kappa shape index (κ1) is 36.1. The predicted molar refractivity (Wildman–Crippen MR) is 204 cm³/mol. The van der Waals surface area contributed by atoms with Crippen molar-refractivity contribution >= 4 is 56.8 Å². The fourth-order valence-corrected chi connectivity index (χ4v) is 5.04. The zero-order valence-electron chi connectivity index (χ0n) is 29.2. The van der Waals surface area contributed by atoms with E-state index < -0.39 is 0 Å². The van der Waals surface area contributed by atoms with Crippen LogP contribution in [0, 0.1) is 0 Å². The van der Waals surface area contributed by atoms with Gasteiger partial charge < -0.3 is 19.7 Å². The predicted octanol–water partition coefficient (Wildman–Crippen LogP) is 11.0. The summed E-state index contributed by atoms with van der Waals surface area (Å²) in [4.78, 5) is 26.6. The van der Waals surface area contributed by atoms with E-state index in [1.807, 2.05) is 104 Å². The number of azo groups is 2. The van der Waals surface area contributed by atoms with Crippen molar-refractivity contribution in [2.45, 2.75) is 32.6 Å². The summed E-state index contributed by atoms with van der Waals surface area (Å²) in [6.45, 7) is 6.18. The maximum atomic E-state index is 13.2. The van der Waals surface area contributed by atoms with Crippen LogP contribution in [-0.4, -0.2) is 39.2 Å². The van der Waals surface area contributed by atoms with Crippen LogP contribution >= 0.6 is 0 Å². The summed E-state index contributed by atoms with van der Waals surface area (Å²) in [7, 11) is 3.99. The van der Waals surface area contributed by atoms with Gasteiger partial charge in [-0.15, -0.1) is 5.11 Å². The van der Waals surface area contributed by atoms with Crippen molar-refractivity contribution in [2.75, 3.05) is 37.5 Å². The number of unbranched alkanes of at least 4 members (excludes halogenated alkanes) is 3. The fourth-order valence-electron chi connectivity index (χ4n) is 5.04. The lowest BCUT2D eigenvalue weighted by molar-refractivity contribution is -0.139. The van der Waals surface area contributed by atoms with E-state index in [9.17, 15) is 9.59 Å². The van der Waals surface area contributed by atoms with Crippen molar-refractivity contribution in [3.05, 3.63) is 127 Å². The maximum Gasteiger partial charge on any atom is 0.333 e. The largest absolute Gasteiger partial charge is 0.494 e. The molecule has 0 saturated heterocycles. The molecule has 0 aliphatic rings. The van der Waals surface area contributed by atoms with Crippen LogP contribution in [0.15, 0.2) is 142 Å². The molecule has 10 heteroatoms. The Hall–Kier alpha value is -6.16. The number of esters is 1. The summed E-state index contributed by atoms with van der Waals surface area (Å²) in [5.74, 6) is 0.130. The smallest absolute Gasteiger partial charge is 0.333 e. The molecule has 260 valence electrons. The van der Waals surface area contributed by atoms with Crippen LogP contribution in [0.3, 0.4) is 0 Å². The minimum atomic E-state index is -0.345. The third-order valence-electron chi connectivity index (χ3n) is 7.92. The molecule has 0 atom stereocenters. The van der Waals surface area contributed by atoms with Gasteiger partial charge in [-0.1, -0.05) is 30.8 Å². The molecule has 0 aliphatic carbocycles. The van der Waals surface area contributed by atoms with Crippen LogP contribution in [0.4, 0.5) is 34.1 Å². The van der Waals surface area contributed by atoms with Gasteiger partial charge in [0.15, 0.2) is 0 Å². The molecule has 0 unspecified atom stereocenters. The molecule has 0 bridgehead atoms. The molecule has 5 aromatic rings. The third kappa shape index (κ3) is 10.7. The minimum Gasteiger partial charge on any atom is -0.494 e. The van der Waals surface area contributed by atoms with E-state index in [1.54, 1.807) is 31.2 Å². The number of hydrogen-bond acceptors (Lipinski definition) is 9. The number of ether oxygens (including phenoxy) is 2. The van der Waals surface area contributed by atoms with Crippen molar-refractivity contribution in [3.8, 4) is 5.75 Å². The Balaban J connectivity index is 1.13. The van der Waals surface area contributed by atoms with Crippen molar-refractivity contribution in [1.82, 2.24) is 0 Å². The maximum absolute atomic E-state index is 13.2. The van der Waals surface area contributed by atoms with Gasteiger partial charge in [-0.25, -0.2) is 4.79 Å². The minimum absolute atomic E-state index is 0.226. The lowest BCUT2D eigenvalue weighted by Crippen LogP contribution is -2.12. The van der Waals surface area contributed by atoms with Crippen molar-refractivity contribution in [1.29, 1.82) is 0 Å². The number of nitrogens with one attached hydrogen (secondary N) is 1. The molecule has 1 amide bonds. The van der Waals surface area contributed by atoms with Crippen LogP contribution < -0.4 is 15.0 Å². The second-order valence-electron chi connectivity index (χ2n) is 12.2. The number of benzene rings is 5. The Kier molecular flexibility index (Phi) is 12.8. The number of carbonyl (C=O) groups is 2. The quantitative estimate of drug-likeness (QED) is 0.0481. The van der Waals surface area contributed by atoms with Gasteiger partial charge in [0.05, 0.1) is 36.0 Å². The number of carbonyl (C=O) groups excluding carboxylic acids is 2. The first-order valence-electron chi connectivity index (χ1n) is 16.9. The highest BCUT2D eigenvalue weighted by molar-refractivity contribution is 6.11. The molecule has 0 aliphatic heterocycles. The summed E-state index contributed by atoms with van der Waals surface area (Å²) >= 11 is 0. The lowest BCUT2D eigenvalue weighted by Gasteiger charge is -2.11. The number of fused-ring (bicyclic) bond motifs is 1. The number of hydrogen-bond donors (Lipinski definition) is 1. The molecule has 0 aromatic heterocycles. The second kappa shape index (κ2) is 18.0. The van der Waals surface area contributed by atoms with Gasteiger partial charge in [0, 0.05) is 47.4 Å². The molecule has 51 heavy (non-hydrogen) atoms. The molecule has 0 spiro atoms. The summed E-state index contributed by atoms with van der Waals surface area (Å²) in [6.07, 6.45) is 3.60. The molecule has 1 N–H and O–H groups in total. The lowest BCUT2D eigenvalue weighted by atomic mass is 10.1. The molecule has 0 radical (unpaired) electrons. The van der Waals surface area contributed by atoms with Gasteiger partial charge in [-0.05, 0) is 118 Å². The van der Waals surface area contributed by atoms with Gasteiger partial charge >= 0.3 is 5.97 Å². The van der Waals surface area contributed by atoms with Crippen LogP contribution in [0.1, 0.15) is 43.0 Å². The monoisotopic (exact) mass is 682 g/mol. The Bertz CT molecular complexity index is 2000. The van der Waals surface area contributed by atoms with Gasteiger partial charge in [0.2, 0.25) is 0 Å². The molecule has 5 aromatic carbocycles. The topological polar surface area (TPSA) is 117 Å². The Morgan fingerprint density at radius 1 is 0.667 bits per heavy atom. The van der Waals surface area contributed by atoms with E-state index in [0.29, 0.717) is 52.8 Å². The second-order valence-corrected chi connectivity index (χ2v) is 12.2. The standard InChI is InChI=1S/C41H42N6O4/c1-29(2)41(49)51-28-10-6-5-9-27-50-35-23-13-30(14-24-35)40(48)42-38-25-26-39(37-12-8-7-11-36(37)38)46-45-32-17-15-31(16-18-32)43-44-33-19-21-34(22-20-33)47(3)4/h7-8,11-26H,1,5-6,9-10,27-28H2,2-4H3,(H,42,48)/b44-43+,46-45+. The molecule has 5 rings (SSSR count). The summed E-state index contributed by atoms with van der Waals surface area (Å²) < 4.78 is 11.0. The Morgan fingerprint density at radius 3 is 1.84 bits per heavy atom. The number of nitrogens with zero attached hydrogens (tertiary/aromatic N) is 5. The number of rotatable bonds is 16. The van der Waals surface area contributed by atoms with Crippen molar-refractivity contribution < 1.29 is 19.1 Å². The summed E-state index contributed by atoms with van der Waals surface area (Å²) in [5, 5.41) is 22.4. The van der Waals surface area contributed by atoms with Gasteiger partial charge in [-0.2, -0.15) is 15.3 Å². The summed E-state index contributed by atoms with van der Waals surface area (Å²) in [6, 6.07) is 33.8. The average Bonchev–Trinajstić information content (AvgIpc) is 3.15. The average molecular weight is 683 g/mol. The number of amides is 1. The van der Waals surface area contributed by atoms with Crippen LogP contribution in [0.5, 0.6) is 5.75 Å². The highest BCUT2D eigenvalue weighted by Gasteiger charge is 2.11. The number of anilines is 2. The SMILES string of the molecule is C=C(C)C(=O)OCCCCCCOc1ccc(C(=O)Nc2ccc(/N=N/c3ccc(/N=N/c4ccc(N(C)C)cc4)cc3)c3ccccc23)cc1. The van der Waals surface area contributed by atoms with Crippen LogP contribution in [0.2, 0.25) is 0 Å². The summed E-state index contributed by atoms with van der Waals surface area (Å²) in [5.41, 5.74) is 5.55. The Morgan fingerprint density at radius 2 is 1.24 bits per heavy atom. The molecular formula is C41H42N6O4. The van der Waals surface area contributed by atoms with E-state index in [4.69, 9.17) is 9.47 Å². The van der Waals surface area contributed by atoms with Gasteiger partial charge in [-0.3, -0.25) is 4.79 Å². The van der Waals surface area contributed by atoms with E-state index in [0.717, 1.165) is 47.8 Å². The zero-order chi connectivity index (χ0) is 36.0. The van der Waals surface area contributed by atoms with Gasteiger partial charge in [0.25, 0.3) is 5.91 Å². The highest BCUT2D eigenvalue weighted by Crippen LogP contribution is 2.33. The van der Waals surface area contributed by atoms with Crippen molar-refractivity contribution in [2.24, 2.45) is 20.5 Å². The Labute approximate surface area is 298 Å². The molecule has 10 nitrogen and oxygen atoms in total.